The molecule has 1 heterocycles. The fourth-order valence-corrected chi connectivity index (χ4v) is 4.07. The Labute approximate surface area is 231 Å². The van der Waals surface area contributed by atoms with Crippen LogP contribution in [0.5, 0.6) is 0 Å². The highest BCUT2D eigenvalue weighted by Crippen LogP contribution is 2.22. The minimum Gasteiger partial charge on any atom is -0.373 e. The average molecular weight is 542 g/mol. The van der Waals surface area contributed by atoms with Gasteiger partial charge in [0.2, 0.25) is 0 Å². The van der Waals surface area contributed by atoms with Crippen LogP contribution >= 0.6 is 0 Å². The molecule has 1 aliphatic heterocycles. The summed E-state index contributed by atoms with van der Waals surface area (Å²) >= 11 is 0. The van der Waals surface area contributed by atoms with Crippen molar-refractivity contribution in [1.29, 1.82) is 0 Å². The molecule has 3 aromatic rings. The number of carbonyl (C=O) groups excluding carboxylic acids is 3. The first kappa shape index (κ1) is 27.6. The molecule has 12 heteroatoms. The van der Waals surface area contributed by atoms with E-state index in [9.17, 15) is 14.4 Å². The quantitative estimate of drug-likeness (QED) is 0.180. The monoisotopic (exact) mass is 541 g/mol. The number of amides is 5. The number of aliphatic imine (C=N–C) groups is 2. The van der Waals surface area contributed by atoms with Crippen molar-refractivity contribution in [3.8, 4) is 0 Å². The molecule has 0 saturated carbocycles. The largest absolute Gasteiger partial charge is 0.373 e. The minimum atomic E-state index is -0.558. The Kier molecular flexibility index (Phi) is 8.92. The molecule has 0 aromatic heterocycles. The Bertz CT molecular complexity index is 1470. The van der Waals surface area contributed by atoms with E-state index in [1.807, 2.05) is 30.3 Å². The van der Waals surface area contributed by atoms with E-state index >= 15 is 0 Å². The van der Waals surface area contributed by atoms with Crippen LogP contribution in [0.1, 0.15) is 21.5 Å². The number of hydrogen-bond donors (Lipinski definition) is 7. The summed E-state index contributed by atoms with van der Waals surface area (Å²) in [5.41, 5.74) is 3.70. The van der Waals surface area contributed by atoms with Crippen LogP contribution in [0.3, 0.4) is 0 Å². The third-order valence-electron chi connectivity index (χ3n) is 5.94. The van der Waals surface area contributed by atoms with Gasteiger partial charge in [0.05, 0.1) is 17.8 Å². The van der Waals surface area contributed by atoms with E-state index in [1.165, 1.54) is 19.2 Å². The second-order valence-corrected chi connectivity index (χ2v) is 8.64. The maximum atomic E-state index is 12.8. The fraction of sp³-hybridized carbons (Fsp3) is 0.179. The smallest absolute Gasteiger partial charge is 0.323 e. The van der Waals surface area contributed by atoms with Gasteiger partial charge in [0, 0.05) is 55.9 Å². The molecule has 1 aliphatic rings. The van der Waals surface area contributed by atoms with E-state index in [4.69, 9.17) is 0 Å². The predicted octanol–water partition coefficient (Wildman–Crippen LogP) is 3.28. The fourth-order valence-electron chi connectivity index (χ4n) is 4.07. The van der Waals surface area contributed by atoms with E-state index in [1.54, 1.807) is 38.4 Å². The molecular weight excluding hydrogens is 510 g/mol. The van der Waals surface area contributed by atoms with Crippen molar-refractivity contribution in [1.82, 2.24) is 16.0 Å². The molecule has 12 nitrogen and oxygen atoms in total. The van der Waals surface area contributed by atoms with Gasteiger partial charge >= 0.3 is 12.1 Å². The van der Waals surface area contributed by atoms with Gasteiger partial charge in [0.25, 0.3) is 5.91 Å². The molecule has 3 aromatic carbocycles. The van der Waals surface area contributed by atoms with E-state index in [2.05, 4.69) is 47.2 Å². The van der Waals surface area contributed by atoms with Gasteiger partial charge in [-0.3, -0.25) is 14.8 Å². The number of hydrogen-bond acceptors (Lipinski definition) is 6. The third kappa shape index (κ3) is 6.92. The summed E-state index contributed by atoms with van der Waals surface area (Å²) in [6, 6.07) is 18.0. The maximum absolute atomic E-state index is 12.8. The van der Waals surface area contributed by atoms with Crippen molar-refractivity contribution >= 4 is 52.4 Å². The lowest BCUT2D eigenvalue weighted by molar-refractivity contribution is 0.0964. The second kappa shape index (κ2) is 12.9. The summed E-state index contributed by atoms with van der Waals surface area (Å²) in [5.74, 6) is 1.11. The first-order valence-electron chi connectivity index (χ1n) is 12.6. The third-order valence-corrected chi connectivity index (χ3v) is 5.94. The Morgan fingerprint density at radius 2 is 1.48 bits per heavy atom. The van der Waals surface area contributed by atoms with Gasteiger partial charge in [-0.15, -0.1) is 0 Å². The number of anilines is 4. The van der Waals surface area contributed by atoms with Crippen LogP contribution in [-0.2, 0) is 0 Å². The van der Waals surface area contributed by atoms with Crippen LogP contribution < -0.4 is 37.2 Å². The minimum absolute atomic E-state index is 0.217. The van der Waals surface area contributed by atoms with Gasteiger partial charge in [-0.1, -0.05) is 12.1 Å². The Morgan fingerprint density at radius 1 is 0.800 bits per heavy atom. The summed E-state index contributed by atoms with van der Waals surface area (Å²) in [6.07, 6.45) is 0. The zero-order valence-electron chi connectivity index (χ0n) is 22.4. The molecule has 5 amide bonds. The van der Waals surface area contributed by atoms with Gasteiger partial charge < -0.3 is 37.2 Å². The number of urea groups is 2. The molecule has 0 unspecified atom stereocenters. The second-order valence-electron chi connectivity index (χ2n) is 8.64. The summed E-state index contributed by atoms with van der Waals surface area (Å²) in [6.45, 7) is 1.50. The lowest BCUT2D eigenvalue weighted by atomic mass is 10.1. The van der Waals surface area contributed by atoms with Gasteiger partial charge in [-0.25, -0.2) is 9.59 Å². The molecule has 0 atom stereocenters. The number of carbonyl (C=O) groups is 3. The zero-order valence-corrected chi connectivity index (χ0v) is 22.4. The highest BCUT2D eigenvalue weighted by atomic mass is 16.2. The molecule has 206 valence electrons. The topological polar surface area (TPSA) is 160 Å². The highest BCUT2D eigenvalue weighted by molar-refractivity contribution is 6.08. The first-order valence-corrected chi connectivity index (χ1v) is 12.6. The normalized spacial score (nSPS) is 12.5. The van der Waals surface area contributed by atoms with Crippen molar-refractivity contribution in [2.45, 2.75) is 0 Å². The van der Waals surface area contributed by atoms with Gasteiger partial charge in [0.1, 0.15) is 11.7 Å². The van der Waals surface area contributed by atoms with Crippen LogP contribution in [0.2, 0.25) is 0 Å². The summed E-state index contributed by atoms with van der Waals surface area (Å²) < 4.78 is 0. The number of nitrogens with zero attached hydrogens (tertiary/aromatic N) is 2. The van der Waals surface area contributed by atoms with Crippen molar-refractivity contribution < 1.29 is 14.4 Å². The Hall–Kier alpha value is -5.39. The Balaban J connectivity index is 1.44. The van der Waals surface area contributed by atoms with Gasteiger partial charge in [0.15, 0.2) is 0 Å². The molecule has 0 saturated heterocycles. The van der Waals surface area contributed by atoms with Crippen molar-refractivity contribution in [3.63, 3.8) is 0 Å². The molecule has 0 bridgehead atoms. The number of rotatable bonds is 7. The van der Waals surface area contributed by atoms with E-state index < -0.39 is 18.0 Å². The SMILES string of the molecule is CN=C(NC)c1ccc(NC(=O)Nc2cc(NC(=O)Nc3cccc(C4=NCCN4)c3)ccc2C(=O)NC)cc1. The van der Waals surface area contributed by atoms with Crippen LogP contribution in [0, 0.1) is 0 Å². The van der Waals surface area contributed by atoms with Crippen LogP contribution in [0.15, 0.2) is 76.7 Å². The number of benzene rings is 3. The molecule has 0 fully saturated rings. The van der Waals surface area contributed by atoms with E-state index in [-0.39, 0.29) is 11.3 Å². The molecule has 0 radical (unpaired) electrons. The molecule has 0 spiro atoms. The zero-order chi connectivity index (χ0) is 28.5. The lowest BCUT2D eigenvalue weighted by Crippen LogP contribution is -2.25. The molecule has 40 heavy (non-hydrogen) atoms. The van der Waals surface area contributed by atoms with Gasteiger partial charge in [-0.05, 0) is 54.6 Å². The molecule has 4 rings (SSSR count). The van der Waals surface area contributed by atoms with Crippen molar-refractivity contribution in [2.24, 2.45) is 9.98 Å². The first-order chi connectivity index (χ1) is 19.4. The summed E-state index contributed by atoms with van der Waals surface area (Å²) in [4.78, 5) is 46.5. The van der Waals surface area contributed by atoms with Gasteiger partial charge in [-0.2, -0.15) is 0 Å². The molecule has 7 N–H and O–H groups in total. The summed E-state index contributed by atoms with van der Waals surface area (Å²) in [7, 11) is 4.96. The van der Waals surface area contributed by atoms with Crippen molar-refractivity contribution in [2.75, 3.05) is 55.5 Å². The summed E-state index contributed by atoms with van der Waals surface area (Å²) in [5, 5.41) is 19.7. The molecular formula is C28H31N9O3. The van der Waals surface area contributed by atoms with E-state index in [0.717, 1.165) is 23.5 Å². The lowest BCUT2D eigenvalue weighted by Gasteiger charge is -2.14. The molecule has 0 aliphatic carbocycles. The van der Waals surface area contributed by atoms with Crippen LogP contribution in [-0.4, -0.2) is 63.9 Å². The average Bonchev–Trinajstić information content (AvgIpc) is 3.50. The maximum Gasteiger partial charge on any atom is 0.323 e. The predicted molar refractivity (Wildman–Crippen MR) is 159 cm³/mol. The number of nitrogens with one attached hydrogen (secondary N) is 7. The standard InChI is InChI=1S/C28H31N9O3/c1-29-24(30-2)17-7-9-19(10-8-17)34-28(40)37-23-16-21(11-12-22(23)26(38)31-3)36-27(39)35-20-6-4-5-18(15-20)25-32-13-14-33-25/h4-12,15-16H,13-14H2,1-3H3,(H,29,30)(H,31,38)(H,32,33)(H2,34,37,40)(H2,35,36,39). The Morgan fingerprint density at radius 3 is 2.12 bits per heavy atom. The van der Waals surface area contributed by atoms with Crippen molar-refractivity contribution in [3.05, 3.63) is 83.4 Å². The van der Waals surface area contributed by atoms with E-state index in [0.29, 0.717) is 29.4 Å². The highest BCUT2D eigenvalue weighted by Gasteiger charge is 2.15. The van der Waals surface area contributed by atoms with Crippen LogP contribution in [0.4, 0.5) is 32.3 Å². The van der Waals surface area contributed by atoms with Crippen LogP contribution in [0.25, 0.3) is 0 Å². The number of amidine groups is 2.